The zero-order valence-corrected chi connectivity index (χ0v) is 23.0. The molecule has 5 rings (SSSR count). The first-order valence-electron chi connectivity index (χ1n) is 13.1. The van der Waals surface area contributed by atoms with Crippen LogP contribution in [0.5, 0.6) is 17.2 Å². The predicted molar refractivity (Wildman–Crippen MR) is 154 cm³/mol. The summed E-state index contributed by atoms with van der Waals surface area (Å²) in [5, 5.41) is 11.5. The van der Waals surface area contributed by atoms with Gasteiger partial charge in [0, 0.05) is 24.5 Å². The first-order valence-corrected chi connectivity index (χ1v) is 13.1. The SMILES string of the molecule is COc1ccc([C@H]2/C(=C(\O)c3ccc(OCc4cccc(C)c4)cc3)C(=O)C(=O)N2Cc2ccncc2)cc1OC. The highest BCUT2D eigenvalue weighted by Crippen LogP contribution is 2.42. The monoisotopic (exact) mass is 550 g/mol. The van der Waals surface area contributed by atoms with Crippen LogP contribution >= 0.6 is 0 Å². The molecule has 8 nitrogen and oxygen atoms in total. The summed E-state index contributed by atoms with van der Waals surface area (Å²) in [7, 11) is 3.04. The maximum Gasteiger partial charge on any atom is 0.295 e. The average Bonchev–Trinajstić information content (AvgIpc) is 3.25. The molecule has 0 radical (unpaired) electrons. The highest BCUT2D eigenvalue weighted by molar-refractivity contribution is 6.46. The van der Waals surface area contributed by atoms with Gasteiger partial charge < -0.3 is 24.2 Å². The summed E-state index contributed by atoms with van der Waals surface area (Å²) in [6.45, 7) is 2.57. The molecule has 1 fully saturated rings. The minimum Gasteiger partial charge on any atom is -0.507 e. The minimum absolute atomic E-state index is 0.00953. The highest BCUT2D eigenvalue weighted by Gasteiger charge is 2.46. The molecule has 2 heterocycles. The molecule has 8 heteroatoms. The quantitative estimate of drug-likeness (QED) is 0.164. The van der Waals surface area contributed by atoms with E-state index in [-0.39, 0.29) is 17.9 Å². The summed E-state index contributed by atoms with van der Waals surface area (Å²) in [4.78, 5) is 32.3. The Hall–Kier alpha value is -5.11. The Bertz CT molecular complexity index is 1600. The summed E-state index contributed by atoms with van der Waals surface area (Å²) in [6, 6.07) is 22.7. The van der Waals surface area contributed by atoms with Gasteiger partial charge in [0.1, 0.15) is 18.1 Å². The van der Waals surface area contributed by atoms with Crippen LogP contribution < -0.4 is 14.2 Å². The largest absolute Gasteiger partial charge is 0.507 e. The Morgan fingerprint density at radius 1 is 0.878 bits per heavy atom. The number of rotatable bonds is 9. The van der Waals surface area contributed by atoms with Crippen molar-refractivity contribution in [2.45, 2.75) is 26.1 Å². The van der Waals surface area contributed by atoms with Crippen molar-refractivity contribution in [2.75, 3.05) is 14.2 Å². The fraction of sp³-hybridized carbons (Fsp3) is 0.182. The number of carbonyl (C=O) groups excluding carboxylic acids is 2. The van der Waals surface area contributed by atoms with Crippen LogP contribution in [0.15, 0.2) is 96.8 Å². The Balaban J connectivity index is 1.51. The summed E-state index contributed by atoms with van der Waals surface area (Å²) in [6.07, 6.45) is 3.25. The molecule has 1 atom stereocenters. The van der Waals surface area contributed by atoms with E-state index in [9.17, 15) is 14.7 Å². The number of nitrogens with zero attached hydrogens (tertiary/aromatic N) is 2. The zero-order valence-electron chi connectivity index (χ0n) is 23.0. The summed E-state index contributed by atoms with van der Waals surface area (Å²) in [5.74, 6) is -0.196. The number of carbonyl (C=O) groups is 2. The van der Waals surface area contributed by atoms with Crippen LogP contribution in [0.25, 0.3) is 5.76 Å². The maximum atomic E-state index is 13.4. The third-order valence-electron chi connectivity index (χ3n) is 6.98. The van der Waals surface area contributed by atoms with Crippen molar-refractivity contribution in [3.63, 3.8) is 0 Å². The number of Topliss-reactive ketones (excluding diaryl/α,β-unsaturated/α-hetero) is 1. The van der Waals surface area contributed by atoms with Crippen LogP contribution in [-0.4, -0.2) is 40.9 Å². The Morgan fingerprint density at radius 2 is 1.61 bits per heavy atom. The van der Waals surface area contributed by atoms with Gasteiger partial charge in [0.2, 0.25) is 0 Å². The third-order valence-corrected chi connectivity index (χ3v) is 6.98. The zero-order chi connectivity index (χ0) is 28.9. The fourth-order valence-electron chi connectivity index (χ4n) is 4.93. The van der Waals surface area contributed by atoms with E-state index in [1.54, 1.807) is 67.0 Å². The smallest absolute Gasteiger partial charge is 0.295 e. The molecular formula is C33H30N2O6. The number of hydrogen-bond acceptors (Lipinski definition) is 7. The van der Waals surface area contributed by atoms with Crippen LogP contribution in [0, 0.1) is 6.92 Å². The molecule has 41 heavy (non-hydrogen) atoms. The van der Waals surface area contributed by atoms with Gasteiger partial charge in [-0.15, -0.1) is 0 Å². The van der Waals surface area contributed by atoms with Gasteiger partial charge in [0.15, 0.2) is 11.5 Å². The minimum atomic E-state index is -0.861. The van der Waals surface area contributed by atoms with Gasteiger partial charge in [-0.1, -0.05) is 35.9 Å². The van der Waals surface area contributed by atoms with Crippen molar-refractivity contribution in [3.05, 3.63) is 125 Å². The van der Waals surface area contributed by atoms with E-state index in [2.05, 4.69) is 11.1 Å². The molecule has 0 unspecified atom stereocenters. The third kappa shape index (κ3) is 5.77. The van der Waals surface area contributed by atoms with Gasteiger partial charge in [-0.2, -0.15) is 0 Å². The number of likely N-dealkylation sites (tertiary alicyclic amines) is 1. The molecule has 0 spiro atoms. The number of amides is 1. The molecule has 208 valence electrons. The topological polar surface area (TPSA) is 98.2 Å². The van der Waals surface area contributed by atoms with E-state index in [0.29, 0.717) is 35.0 Å². The molecule has 1 N–H and O–H groups in total. The normalized spacial score (nSPS) is 16.1. The van der Waals surface area contributed by atoms with Crippen molar-refractivity contribution >= 4 is 17.4 Å². The number of aliphatic hydroxyl groups excluding tert-OH is 1. The van der Waals surface area contributed by atoms with Gasteiger partial charge in [0.05, 0.1) is 25.8 Å². The lowest BCUT2D eigenvalue weighted by molar-refractivity contribution is -0.140. The molecule has 3 aromatic carbocycles. The second-order valence-electron chi connectivity index (χ2n) is 9.70. The number of aliphatic hydroxyl groups is 1. The maximum absolute atomic E-state index is 13.4. The number of hydrogen-bond donors (Lipinski definition) is 1. The number of aryl methyl sites for hydroxylation is 1. The fourth-order valence-corrected chi connectivity index (χ4v) is 4.93. The van der Waals surface area contributed by atoms with Crippen LogP contribution in [0.4, 0.5) is 0 Å². The highest BCUT2D eigenvalue weighted by atomic mass is 16.5. The molecule has 1 aliphatic rings. The molecule has 1 aromatic heterocycles. The van der Waals surface area contributed by atoms with E-state index < -0.39 is 17.7 Å². The number of benzene rings is 3. The van der Waals surface area contributed by atoms with Gasteiger partial charge in [0.25, 0.3) is 11.7 Å². The van der Waals surface area contributed by atoms with Crippen LogP contribution in [0.2, 0.25) is 0 Å². The summed E-state index contributed by atoms with van der Waals surface area (Å²) >= 11 is 0. The van der Waals surface area contributed by atoms with Gasteiger partial charge in [-0.05, 0) is 72.1 Å². The van der Waals surface area contributed by atoms with E-state index >= 15 is 0 Å². The first-order chi connectivity index (χ1) is 19.9. The Labute approximate surface area is 238 Å². The molecule has 0 bridgehead atoms. The molecule has 0 aliphatic carbocycles. The second kappa shape index (κ2) is 12.0. The first kappa shape index (κ1) is 27.5. The van der Waals surface area contributed by atoms with E-state index in [0.717, 1.165) is 16.7 Å². The lowest BCUT2D eigenvalue weighted by Gasteiger charge is -2.26. The molecule has 1 amide bonds. The van der Waals surface area contributed by atoms with E-state index in [4.69, 9.17) is 14.2 Å². The molecule has 1 aliphatic heterocycles. The van der Waals surface area contributed by atoms with Crippen molar-refractivity contribution in [3.8, 4) is 17.2 Å². The number of aromatic nitrogens is 1. The number of ketones is 1. The van der Waals surface area contributed by atoms with Crippen LogP contribution in [0.1, 0.15) is 33.9 Å². The van der Waals surface area contributed by atoms with Crippen molar-refractivity contribution in [2.24, 2.45) is 0 Å². The van der Waals surface area contributed by atoms with Gasteiger partial charge in [-0.25, -0.2) is 0 Å². The lowest BCUT2D eigenvalue weighted by Crippen LogP contribution is -2.29. The van der Waals surface area contributed by atoms with Crippen molar-refractivity contribution in [1.82, 2.24) is 9.88 Å². The van der Waals surface area contributed by atoms with Gasteiger partial charge >= 0.3 is 0 Å². The molecular weight excluding hydrogens is 520 g/mol. The number of ether oxygens (including phenoxy) is 3. The standard InChI is InChI=1S/C33H30N2O6/c1-21-5-4-6-23(17-21)20-41-26-10-7-24(8-11-26)31(36)29-30(25-9-12-27(39-2)28(18-25)40-3)35(33(38)32(29)37)19-22-13-15-34-16-14-22/h4-18,30,36H,19-20H2,1-3H3/b31-29+/t30-/m0/s1. The van der Waals surface area contributed by atoms with Crippen molar-refractivity contribution in [1.29, 1.82) is 0 Å². The summed E-state index contributed by atoms with van der Waals surface area (Å²) < 4.78 is 16.8. The summed E-state index contributed by atoms with van der Waals surface area (Å²) in [5.41, 5.74) is 3.96. The number of pyridine rings is 1. The number of methoxy groups -OCH3 is 2. The van der Waals surface area contributed by atoms with E-state index in [1.165, 1.54) is 19.1 Å². The lowest BCUT2D eigenvalue weighted by atomic mass is 9.94. The van der Waals surface area contributed by atoms with E-state index in [1.807, 2.05) is 25.1 Å². The predicted octanol–water partition coefficient (Wildman–Crippen LogP) is 5.61. The van der Waals surface area contributed by atoms with Crippen LogP contribution in [-0.2, 0) is 22.7 Å². The van der Waals surface area contributed by atoms with Crippen molar-refractivity contribution < 1.29 is 28.9 Å². The van der Waals surface area contributed by atoms with Gasteiger partial charge in [-0.3, -0.25) is 14.6 Å². The van der Waals surface area contributed by atoms with Crippen LogP contribution in [0.3, 0.4) is 0 Å². The average molecular weight is 551 g/mol. The molecule has 1 saturated heterocycles. The molecule has 4 aromatic rings. The Morgan fingerprint density at radius 3 is 2.29 bits per heavy atom. The Kier molecular flexibility index (Phi) is 8.01. The second-order valence-corrected chi connectivity index (χ2v) is 9.70. The molecule has 0 saturated carbocycles.